The topological polar surface area (TPSA) is 120 Å². The third-order valence-corrected chi connectivity index (χ3v) is 8.19. The molecule has 0 aliphatic carbocycles. The molecule has 2 amide bonds. The summed E-state index contributed by atoms with van der Waals surface area (Å²) in [7, 11) is 0. The van der Waals surface area contributed by atoms with Gasteiger partial charge in [-0.1, -0.05) is 12.1 Å². The van der Waals surface area contributed by atoms with Crippen molar-refractivity contribution < 1.29 is 14.3 Å². The summed E-state index contributed by atoms with van der Waals surface area (Å²) in [5.41, 5.74) is 5.35. The predicted molar refractivity (Wildman–Crippen MR) is 172 cm³/mol. The van der Waals surface area contributed by atoms with E-state index < -0.39 is 0 Å². The molecule has 44 heavy (non-hydrogen) atoms. The number of aromatic nitrogens is 2. The van der Waals surface area contributed by atoms with Crippen LogP contribution in [0.15, 0.2) is 77.7 Å². The molecular weight excluding hydrogens is 556 g/mol. The fourth-order valence-electron chi connectivity index (χ4n) is 5.63. The number of H-pyrrole nitrogens is 1. The lowest BCUT2D eigenvalue weighted by Crippen LogP contribution is -2.40. The van der Waals surface area contributed by atoms with Crippen molar-refractivity contribution in [3.63, 3.8) is 0 Å². The summed E-state index contributed by atoms with van der Waals surface area (Å²) in [4.78, 5) is 50.0. The minimum absolute atomic E-state index is 0.0465. The van der Waals surface area contributed by atoms with Gasteiger partial charge in [0.2, 0.25) is 0 Å². The molecule has 3 N–H and O–H groups in total. The number of carbonyl (C=O) groups is 2. The maximum Gasteiger partial charge on any atom is 0.291 e. The molecule has 2 aliphatic heterocycles. The van der Waals surface area contributed by atoms with Crippen molar-refractivity contribution in [2.24, 2.45) is 0 Å². The fourth-order valence-corrected chi connectivity index (χ4v) is 5.63. The Hall–Kier alpha value is -4.96. The van der Waals surface area contributed by atoms with Crippen LogP contribution in [0.4, 0.5) is 22.9 Å². The van der Waals surface area contributed by atoms with Crippen molar-refractivity contribution in [2.75, 3.05) is 54.9 Å². The highest BCUT2D eigenvalue weighted by Crippen LogP contribution is 2.28. The molecule has 4 aromatic rings. The van der Waals surface area contributed by atoms with Gasteiger partial charge in [0.05, 0.1) is 18.9 Å². The van der Waals surface area contributed by atoms with E-state index >= 15 is 0 Å². The van der Waals surface area contributed by atoms with Crippen LogP contribution < -0.4 is 21.1 Å². The molecule has 2 fully saturated rings. The van der Waals surface area contributed by atoms with E-state index in [0.717, 1.165) is 29.9 Å². The van der Waals surface area contributed by atoms with E-state index in [0.29, 0.717) is 54.5 Å². The summed E-state index contributed by atoms with van der Waals surface area (Å²) in [5, 5.41) is 6.10. The van der Waals surface area contributed by atoms with Crippen LogP contribution in [0.3, 0.4) is 0 Å². The zero-order valence-electron chi connectivity index (χ0n) is 24.8. The highest BCUT2D eigenvalue weighted by atomic mass is 16.5. The maximum absolute atomic E-state index is 13.1. The molecular formula is C34H36N6O4. The van der Waals surface area contributed by atoms with Crippen LogP contribution in [0.5, 0.6) is 0 Å². The summed E-state index contributed by atoms with van der Waals surface area (Å²) in [6.07, 6.45) is 5.23. The number of hydrogen-bond acceptors (Lipinski definition) is 7. The van der Waals surface area contributed by atoms with Gasteiger partial charge >= 0.3 is 0 Å². The number of piperidine rings is 1. The number of anilines is 4. The molecule has 10 heteroatoms. The number of rotatable bonds is 7. The molecule has 0 radical (unpaired) electrons. The molecule has 2 aliphatic rings. The zero-order valence-corrected chi connectivity index (χ0v) is 24.8. The van der Waals surface area contributed by atoms with Crippen molar-refractivity contribution >= 4 is 34.7 Å². The number of nitrogens with zero attached hydrogens (tertiary/aromatic N) is 3. The summed E-state index contributed by atoms with van der Waals surface area (Å²) >= 11 is 0. The third-order valence-electron chi connectivity index (χ3n) is 8.19. The smallest absolute Gasteiger partial charge is 0.291 e. The molecule has 0 bridgehead atoms. The lowest BCUT2D eigenvalue weighted by atomic mass is 10.0. The van der Waals surface area contributed by atoms with Gasteiger partial charge in [-0.15, -0.1) is 0 Å². The maximum atomic E-state index is 13.1. The SMILES string of the molecule is Cc1c(NC(=O)c2ccc(N3CCCCC3)cc2)cccc1-c1c[nH]c(=O)c(Nc2ccc(C(=O)N3CCOCC3)cc2)n1. The molecule has 3 heterocycles. The lowest BCUT2D eigenvalue weighted by molar-refractivity contribution is 0.0303. The Balaban J connectivity index is 1.15. The Bertz CT molecular complexity index is 1690. The average molecular weight is 593 g/mol. The Morgan fingerprint density at radius 1 is 0.864 bits per heavy atom. The van der Waals surface area contributed by atoms with Gasteiger partial charge in [-0.05, 0) is 86.3 Å². The van der Waals surface area contributed by atoms with E-state index in [2.05, 4.69) is 25.5 Å². The lowest BCUT2D eigenvalue weighted by Gasteiger charge is -2.28. The fraction of sp³-hybridized carbons (Fsp3) is 0.294. The average Bonchev–Trinajstić information content (AvgIpc) is 3.07. The molecule has 1 aromatic heterocycles. The van der Waals surface area contributed by atoms with Gasteiger partial charge in [0, 0.05) is 66.1 Å². The largest absolute Gasteiger partial charge is 0.378 e. The summed E-state index contributed by atoms with van der Waals surface area (Å²) in [5.74, 6) is -0.116. The van der Waals surface area contributed by atoms with E-state index in [4.69, 9.17) is 4.74 Å². The normalized spacial score (nSPS) is 15.1. The Morgan fingerprint density at radius 3 is 2.30 bits per heavy atom. The number of amides is 2. The van der Waals surface area contributed by atoms with Gasteiger partial charge in [0.1, 0.15) is 0 Å². The second kappa shape index (κ2) is 13.1. The number of aromatic amines is 1. The third kappa shape index (κ3) is 6.50. The summed E-state index contributed by atoms with van der Waals surface area (Å²) in [6.45, 7) is 6.23. The Kier molecular flexibility index (Phi) is 8.69. The van der Waals surface area contributed by atoms with E-state index in [1.54, 1.807) is 35.4 Å². The van der Waals surface area contributed by atoms with Crippen LogP contribution in [0, 0.1) is 6.92 Å². The molecule has 2 saturated heterocycles. The number of morpholine rings is 1. The van der Waals surface area contributed by atoms with Gasteiger partial charge in [0.25, 0.3) is 17.4 Å². The monoisotopic (exact) mass is 592 g/mol. The van der Waals surface area contributed by atoms with Crippen molar-refractivity contribution in [1.29, 1.82) is 0 Å². The highest BCUT2D eigenvalue weighted by molar-refractivity contribution is 6.05. The van der Waals surface area contributed by atoms with Crippen molar-refractivity contribution in [2.45, 2.75) is 26.2 Å². The van der Waals surface area contributed by atoms with Crippen LogP contribution in [0.25, 0.3) is 11.3 Å². The van der Waals surface area contributed by atoms with Crippen LogP contribution in [0.1, 0.15) is 45.5 Å². The minimum atomic E-state index is -0.377. The number of benzene rings is 3. The molecule has 10 nitrogen and oxygen atoms in total. The first kappa shape index (κ1) is 29.1. The molecule has 0 spiro atoms. The van der Waals surface area contributed by atoms with E-state index in [9.17, 15) is 14.4 Å². The first-order valence-corrected chi connectivity index (χ1v) is 15.1. The predicted octanol–water partition coefficient (Wildman–Crippen LogP) is 5.20. The number of nitrogens with one attached hydrogen (secondary N) is 3. The van der Waals surface area contributed by atoms with E-state index in [1.807, 2.05) is 49.4 Å². The van der Waals surface area contributed by atoms with Crippen LogP contribution in [-0.2, 0) is 4.74 Å². The molecule has 226 valence electrons. The zero-order chi connectivity index (χ0) is 30.5. The molecule has 6 rings (SSSR count). The van der Waals surface area contributed by atoms with E-state index in [-0.39, 0.29) is 23.2 Å². The number of hydrogen-bond donors (Lipinski definition) is 3. The van der Waals surface area contributed by atoms with Gasteiger partial charge < -0.3 is 30.2 Å². The Morgan fingerprint density at radius 2 is 1.57 bits per heavy atom. The molecule has 0 unspecified atom stereocenters. The second-order valence-corrected chi connectivity index (χ2v) is 11.1. The van der Waals surface area contributed by atoms with Crippen molar-refractivity contribution in [1.82, 2.24) is 14.9 Å². The van der Waals surface area contributed by atoms with Gasteiger partial charge in [-0.2, -0.15) is 0 Å². The molecule has 3 aromatic carbocycles. The number of carbonyl (C=O) groups excluding carboxylic acids is 2. The first-order valence-electron chi connectivity index (χ1n) is 15.1. The molecule has 0 saturated carbocycles. The first-order chi connectivity index (χ1) is 21.5. The summed E-state index contributed by atoms with van der Waals surface area (Å²) < 4.78 is 5.33. The second-order valence-electron chi connectivity index (χ2n) is 11.1. The van der Waals surface area contributed by atoms with Gasteiger partial charge in [-0.3, -0.25) is 14.4 Å². The number of ether oxygens (including phenoxy) is 1. The standard InChI is InChI=1S/C34H36N6O4/c1-23-28(6-5-7-29(23)38-32(41)24-10-14-27(15-11-24)39-16-3-2-4-17-39)30-22-35-33(42)31(37-30)36-26-12-8-25(9-13-26)34(43)40-18-20-44-21-19-40/h5-15,22H,2-4,16-21H2,1H3,(H,35,42)(H,36,37)(H,38,41). The van der Waals surface area contributed by atoms with Crippen LogP contribution in [0.2, 0.25) is 0 Å². The Labute approximate surface area is 256 Å². The quantitative estimate of drug-likeness (QED) is 0.270. The molecule has 0 atom stereocenters. The van der Waals surface area contributed by atoms with Crippen LogP contribution in [-0.4, -0.2) is 66.1 Å². The van der Waals surface area contributed by atoms with Crippen molar-refractivity contribution in [3.8, 4) is 11.3 Å². The van der Waals surface area contributed by atoms with Crippen LogP contribution >= 0.6 is 0 Å². The van der Waals surface area contributed by atoms with E-state index in [1.165, 1.54) is 19.3 Å². The highest BCUT2D eigenvalue weighted by Gasteiger charge is 2.19. The summed E-state index contributed by atoms with van der Waals surface area (Å²) in [6, 6.07) is 20.3. The van der Waals surface area contributed by atoms with Gasteiger partial charge in [0.15, 0.2) is 5.82 Å². The van der Waals surface area contributed by atoms with Crippen molar-refractivity contribution in [3.05, 3.63) is 100.0 Å². The minimum Gasteiger partial charge on any atom is -0.378 e. The van der Waals surface area contributed by atoms with Gasteiger partial charge in [-0.25, -0.2) is 4.98 Å².